The van der Waals surface area contributed by atoms with Gasteiger partial charge >= 0.3 is 5.63 Å². The summed E-state index contributed by atoms with van der Waals surface area (Å²) in [6.07, 6.45) is 0.874. The third kappa shape index (κ3) is 4.55. The lowest BCUT2D eigenvalue weighted by molar-refractivity contribution is 0.0968. The summed E-state index contributed by atoms with van der Waals surface area (Å²) < 4.78 is 27.9. The van der Waals surface area contributed by atoms with E-state index in [-0.39, 0.29) is 0 Å². The van der Waals surface area contributed by atoms with Gasteiger partial charge in [-0.2, -0.15) is 0 Å². The monoisotopic (exact) mass is 473 g/mol. The minimum atomic E-state index is -0.426. The fourth-order valence-electron chi connectivity index (χ4n) is 4.37. The Morgan fingerprint density at radius 3 is 2.37 bits per heavy atom. The van der Waals surface area contributed by atoms with E-state index in [1.807, 2.05) is 30.3 Å². The molecule has 1 aliphatic rings. The molecule has 7 heteroatoms. The van der Waals surface area contributed by atoms with Gasteiger partial charge in [0.2, 0.25) is 0 Å². The number of rotatable bonds is 7. The third-order valence-electron chi connectivity index (χ3n) is 6.32. The average molecular weight is 474 g/mol. The van der Waals surface area contributed by atoms with Crippen LogP contribution in [0.4, 0.5) is 0 Å². The number of fused-ring (bicyclic) bond motifs is 3. The Morgan fingerprint density at radius 2 is 1.63 bits per heavy atom. The zero-order valence-corrected chi connectivity index (χ0v) is 20.0. The zero-order chi connectivity index (χ0) is 24.4. The molecule has 0 fully saturated rings. The first kappa shape index (κ1) is 22.8. The van der Waals surface area contributed by atoms with E-state index in [1.54, 1.807) is 39.5 Å². The predicted octanol–water partition coefficient (Wildman–Crippen LogP) is 4.88. The summed E-state index contributed by atoms with van der Waals surface area (Å²) in [4.78, 5) is 15.3. The Labute approximate surface area is 203 Å². The van der Waals surface area contributed by atoms with Crippen LogP contribution in [0.1, 0.15) is 11.1 Å². The van der Waals surface area contributed by atoms with Crippen LogP contribution in [0.2, 0.25) is 0 Å². The summed E-state index contributed by atoms with van der Waals surface area (Å²) in [6, 6.07) is 19.1. The lowest BCUT2D eigenvalue weighted by Gasteiger charge is -2.29. The molecule has 3 aromatic carbocycles. The molecule has 1 aromatic heterocycles. The second-order valence-electron chi connectivity index (χ2n) is 8.40. The Bertz CT molecular complexity index is 1410. The van der Waals surface area contributed by atoms with Crippen molar-refractivity contribution in [2.75, 3.05) is 34.6 Å². The molecule has 7 nitrogen and oxygen atoms in total. The Hall–Kier alpha value is -3.97. The molecule has 35 heavy (non-hydrogen) atoms. The topological polar surface area (TPSA) is 70.4 Å². The van der Waals surface area contributed by atoms with Gasteiger partial charge in [0.1, 0.15) is 35.3 Å². The van der Waals surface area contributed by atoms with Gasteiger partial charge in [-0.05, 0) is 54.4 Å². The Balaban J connectivity index is 1.43. The molecule has 0 spiro atoms. The molecular weight excluding hydrogens is 446 g/mol. The maximum Gasteiger partial charge on any atom is 0.344 e. The van der Waals surface area contributed by atoms with Crippen molar-refractivity contribution < 1.29 is 23.4 Å². The number of nitrogens with zero attached hydrogens (tertiary/aromatic N) is 1. The number of methoxy groups -OCH3 is 3. The van der Waals surface area contributed by atoms with Crippen LogP contribution in [-0.2, 0) is 13.0 Å². The molecule has 5 rings (SSSR count). The van der Waals surface area contributed by atoms with Crippen molar-refractivity contribution in [3.05, 3.63) is 82.2 Å². The van der Waals surface area contributed by atoms with Crippen molar-refractivity contribution in [3.8, 4) is 34.1 Å². The minimum absolute atomic E-state index is 0.426. The molecule has 0 saturated heterocycles. The van der Waals surface area contributed by atoms with E-state index in [9.17, 15) is 4.79 Å². The van der Waals surface area contributed by atoms with Gasteiger partial charge in [0.15, 0.2) is 0 Å². The second kappa shape index (κ2) is 9.72. The van der Waals surface area contributed by atoms with Crippen molar-refractivity contribution in [1.29, 1.82) is 0 Å². The van der Waals surface area contributed by atoms with Gasteiger partial charge in [0.25, 0.3) is 0 Å². The lowest BCUT2D eigenvalue weighted by atomic mass is 10.0. The van der Waals surface area contributed by atoms with E-state index in [4.69, 9.17) is 23.4 Å². The first-order valence-electron chi connectivity index (χ1n) is 11.4. The van der Waals surface area contributed by atoms with E-state index >= 15 is 0 Å². The summed E-state index contributed by atoms with van der Waals surface area (Å²) in [7, 11) is 4.82. The normalized spacial score (nSPS) is 13.2. The molecule has 0 saturated carbocycles. The summed E-state index contributed by atoms with van der Waals surface area (Å²) in [6.45, 7) is 1.94. The molecule has 0 atom stereocenters. The average Bonchev–Trinajstić information content (AvgIpc) is 2.91. The summed E-state index contributed by atoms with van der Waals surface area (Å²) in [5.41, 5.74) is 3.32. The zero-order valence-electron chi connectivity index (χ0n) is 20.0. The number of ether oxygens (including phenoxy) is 4. The fourth-order valence-corrected chi connectivity index (χ4v) is 4.37. The quantitative estimate of drug-likeness (QED) is 0.354. The molecule has 0 N–H and O–H groups in total. The van der Waals surface area contributed by atoms with E-state index in [1.165, 1.54) is 5.56 Å². The number of benzene rings is 3. The van der Waals surface area contributed by atoms with Gasteiger partial charge in [-0.25, -0.2) is 4.79 Å². The molecule has 4 aromatic rings. The van der Waals surface area contributed by atoms with Crippen molar-refractivity contribution in [3.63, 3.8) is 0 Å². The molecule has 2 heterocycles. The third-order valence-corrected chi connectivity index (χ3v) is 6.32. The molecule has 0 bridgehead atoms. The van der Waals surface area contributed by atoms with E-state index in [2.05, 4.69) is 17.0 Å². The van der Waals surface area contributed by atoms with Gasteiger partial charge < -0.3 is 23.4 Å². The minimum Gasteiger partial charge on any atom is -0.497 e. The van der Waals surface area contributed by atoms with Crippen LogP contribution in [-0.4, -0.2) is 39.5 Å². The highest BCUT2D eigenvalue weighted by atomic mass is 16.5. The predicted molar refractivity (Wildman–Crippen MR) is 134 cm³/mol. The lowest BCUT2D eigenvalue weighted by Crippen LogP contribution is -2.33. The number of hydrogen-bond donors (Lipinski definition) is 0. The highest BCUT2D eigenvalue weighted by molar-refractivity contribution is 5.87. The molecule has 0 radical (unpaired) electrons. The van der Waals surface area contributed by atoms with Crippen LogP contribution in [0.3, 0.4) is 0 Å². The molecule has 0 aliphatic carbocycles. The standard InChI is InChI=1S/C28H27NO6/c1-31-20-7-4-18(5-8-20)12-13-29-16-24-25(34-17-29)11-6-19-14-23(28(30)35-27(19)24)22-10-9-21(32-2)15-26(22)33-3/h4-11,14-15H,12-13,16-17H2,1-3H3. The molecule has 1 aliphatic heterocycles. The van der Waals surface area contributed by atoms with Gasteiger partial charge in [0.05, 0.1) is 32.5 Å². The SMILES string of the molecule is COc1ccc(CCN2COc3ccc4cc(-c5ccc(OC)cc5OC)c(=O)oc4c3C2)cc1. The summed E-state index contributed by atoms with van der Waals surface area (Å²) in [5.74, 6) is 2.78. The van der Waals surface area contributed by atoms with Gasteiger partial charge in [-0.3, -0.25) is 4.90 Å². The largest absolute Gasteiger partial charge is 0.497 e. The fraction of sp³-hybridized carbons (Fsp3) is 0.250. The molecular formula is C28H27NO6. The summed E-state index contributed by atoms with van der Waals surface area (Å²) in [5, 5.41) is 0.830. The Kier molecular flexibility index (Phi) is 6.33. The van der Waals surface area contributed by atoms with Crippen molar-refractivity contribution in [2.45, 2.75) is 13.0 Å². The molecule has 0 amide bonds. The molecule has 0 unspecified atom stereocenters. The van der Waals surface area contributed by atoms with E-state index < -0.39 is 5.63 Å². The van der Waals surface area contributed by atoms with Gasteiger partial charge in [0, 0.05) is 30.1 Å². The van der Waals surface area contributed by atoms with Crippen LogP contribution >= 0.6 is 0 Å². The highest BCUT2D eigenvalue weighted by Gasteiger charge is 2.23. The van der Waals surface area contributed by atoms with Crippen molar-refractivity contribution in [2.24, 2.45) is 0 Å². The first-order chi connectivity index (χ1) is 17.1. The maximum absolute atomic E-state index is 13.1. The van der Waals surface area contributed by atoms with Crippen LogP contribution in [0, 0.1) is 0 Å². The smallest absolute Gasteiger partial charge is 0.344 e. The first-order valence-corrected chi connectivity index (χ1v) is 11.4. The van der Waals surface area contributed by atoms with Crippen LogP contribution in [0.15, 0.2) is 69.9 Å². The molecule has 180 valence electrons. The van der Waals surface area contributed by atoms with E-state index in [0.29, 0.717) is 41.5 Å². The Morgan fingerprint density at radius 1 is 0.857 bits per heavy atom. The van der Waals surface area contributed by atoms with Crippen LogP contribution in [0.25, 0.3) is 22.1 Å². The van der Waals surface area contributed by atoms with Crippen LogP contribution in [0.5, 0.6) is 23.0 Å². The highest BCUT2D eigenvalue weighted by Crippen LogP contribution is 2.36. The number of hydrogen-bond acceptors (Lipinski definition) is 7. The van der Waals surface area contributed by atoms with Crippen molar-refractivity contribution in [1.82, 2.24) is 4.90 Å². The van der Waals surface area contributed by atoms with Crippen LogP contribution < -0.4 is 24.6 Å². The summed E-state index contributed by atoms with van der Waals surface area (Å²) >= 11 is 0. The second-order valence-corrected chi connectivity index (χ2v) is 8.40. The van der Waals surface area contributed by atoms with E-state index in [0.717, 1.165) is 35.4 Å². The maximum atomic E-state index is 13.1. The van der Waals surface area contributed by atoms with Gasteiger partial charge in [-0.15, -0.1) is 0 Å². The van der Waals surface area contributed by atoms with Crippen molar-refractivity contribution >= 4 is 11.0 Å². The van der Waals surface area contributed by atoms with Gasteiger partial charge in [-0.1, -0.05) is 12.1 Å².